The normalized spacial score (nSPS) is 12.6. The van der Waals surface area contributed by atoms with Gasteiger partial charge in [-0.1, -0.05) is 10.6 Å². The van der Waals surface area contributed by atoms with Gasteiger partial charge in [0.25, 0.3) is 0 Å². The predicted molar refractivity (Wildman–Crippen MR) is 56.8 cm³/mol. The number of rotatable bonds is 2. The molecule has 18 heavy (non-hydrogen) atoms. The van der Waals surface area contributed by atoms with Crippen molar-refractivity contribution in [1.29, 1.82) is 0 Å². The Labute approximate surface area is 104 Å². The monoisotopic (exact) mass is 294 g/mol. The predicted octanol–water partition coefficient (Wildman–Crippen LogP) is 2.39. The van der Waals surface area contributed by atoms with Crippen molar-refractivity contribution in [3.63, 3.8) is 0 Å². The summed E-state index contributed by atoms with van der Waals surface area (Å²) in [6.45, 7) is 0. The average molecular weight is 294 g/mol. The largest absolute Gasteiger partial charge is 0.416 e. The van der Waals surface area contributed by atoms with Gasteiger partial charge in [-0.2, -0.15) is 13.2 Å². The zero-order valence-corrected chi connectivity index (χ0v) is 10.2. The Balaban J connectivity index is 2.54. The molecular formula is C9H5F3N2O2S2. The van der Waals surface area contributed by atoms with E-state index in [4.69, 9.17) is 0 Å². The maximum Gasteiger partial charge on any atom is 0.416 e. The smallest absolute Gasteiger partial charge is 0.218 e. The van der Waals surface area contributed by atoms with Crippen molar-refractivity contribution in [3.8, 4) is 0 Å². The Bertz CT molecular complexity index is 651. The van der Waals surface area contributed by atoms with Crippen molar-refractivity contribution in [2.75, 3.05) is 0 Å². The highest BCUT2D eigenvalue weighted by Gasteiger charge is 2.32. The first kappa shape index (κ1) is 13.0. The van der Waals surface area contributed by atoms with Crippen molar-refractivity contribution in [1.82, 2.24) is 9.59 Å². The minimum Gasteiger partial charge on any atom is -0.218 e. The molecule has 0 aliphatic heterocycles. The van der Waals surface area contributed by atoms with Crippen LogP contribution in [-0.2, 0) is 16.0 Å². The molecule has 2 aromatic rings. The van der Waals surface area contributed by atoms with Gasteiger partial charge in [0.05, 0.1) is 16.7 Å². The van der Waals surface area contributed by atoms with Crippen molar-refractivity contribution in [2.45, 2.75) is 15.3 Å². The third-order valence-corrected chi connectivity index (χ3v) is 4.93. The van der Waals surface area contributed by atoms with Crippen LogP contribution in [0.15, 0.2) is 39.6 Å². The van der Waals surface area contributed by atoms with E-state index in [2.05, 4.69) is 9.59 Å². The Morgan fingerprint density at radius 1 is 1.22 bits per heavy atom. The summed E-state index contributed by atoms with van der Waals surface area (Å²) in [7, 11) is -3.98. The highest BCUT2D eigenvalue weighted by atomic mass is 32.2. The van der Waals surface area contributed by atoms with Crippen LogP contribution in [-0.4, -0.2) is 18.0 Å². The highest BCUT2D eigenvalue weighted by Crippen LogP contribution is 2.32. The molecule has 0 saturated heterocycles. The van der Waals surface area contributed by atoms with Crippen LogP contribution in [0.25, 0.3) is 0 Å². The first-order valence-corrected chi connectivity index (χ1v) is 6.77. The van der Waals surface area contributed by atoms with E-state index in [1.165, 1.54) is 0 Å². The van der Waals surface area contributed by atoms with E-state index < -0.39 is 26.5 Å². The van der Waals surface area contributed by atoms with E-state index in [1.54, 1.807) is 0 Å². The number of alkyl halides is 3. The number of halogens is 3. The van der Waals surface area contributed by atoms with E-state index in [1.807, 2.05) is 0 Å². The molecular weight excluding hydrogens is 289 g/mol. The quantitative estimate of drug-likeness (QED) is 0.853. The lowest BCUT2D eigenvalue weighted by Crippen LogP contribution is -2.07. The minimum absolute atomic E-state index is 0.193. The highest BCUT2D eigenvalue weighted by molar-refractivity contribution is 7.93. The molecule has 9 heteroatoms. The maximum atomic E-state index is 12.5. The number of hydrogen-bond donors (Lipinski definition) is 0. The number of benzene rings is 1. The first-order chi connectivity index (χ1) is 8.32. The fourth-order valence-electron chi connectivity index (χ4n) is 1.23. The molecule has 0 saturated carbocycles. The molecule has 1 aromatic heterocycles. The van der Waals surface area contributed by atoms with E-state index in [9.17, 15) is 21.6 Å². The van der Waals surface area contributed by atoms with E-state index in [0.29, 0.717) is 17.6 Å². The molecule has 4 nitrogen and oxygen atoms in total. The van der Waals surface area contributed by atoms with Gasteiger partial charge in [-0.15, -0.1) is 5.10 Å². The molecule has 2 rings (SSSR count). The van der Waals surface area contributed by atoms with Crippen LogP contribution in [0.3, 0.4) is 0 Å². The third-order valence-electron chi connectivity index (χ3n) is 2.08. The molecule has 0 aliphatic carbocycles. The number of aromatic nitrogens is 2. The summed E-state index contributed by atoms with van der Waals surface area (Å²) in [4.78, 5) is -0.427. The Hall–Kier alpha value is -1.48. The fraction of sp³-hybridized carbons (Fsp3) is 0.111. The molecule has 0 aliphatic rings. The summed E-state index contributed by atoms with van der Waals surface area (Å²) in [5.74, 6) is 0. The third kappa shape index (κ3) is 2.36. The SMILES string of the molecule is O=S(=O)(c1cccc(C(F)(F)F)c1)c1cnns1. The van der Waals surface area contributed by atoms with Gasteiger partial charge in [-0.05, 0) is 18.2 Å². The van der Waals surface area contributed by atoms with Crippen LogP contribution < -0.4 is 0 Å². The molecule has 0 atom stereocenters. The van der Waals surface area contributed by atoms with E-state index >= 15 is 0 Å². The first-order valence-electron chi connectivity index (χ1n) is 4.51. The van der Waals surface area contributed by atoms with Gasteiger partial charge in [0.15, 0.2) is 4.21 Å². The summed E-state index contributed by atoms with van der Waals surface area (Å²) >= 11 is 0.608. The van der Waals surface area contributed by atoms with Gasteiger partial charge in [-0.25, -0.2) is 8.42 Å². The minimum atomic E-state index is -4.59. The molecule has 0 amide bonds. The lowest BCUT2D eigenvalue weighted by Gasteiger charge is -2.08. The zero-order chi connectivity index (χ0) is 13.4. The second-order valence-corrected chi connectivity index (χ2v) is 6.23. The van der Waals surface area contributed by atoms with Crippen LogP contribution >= 0.6 is 11.5 Å². The standard InChI is InChI=1S/C9H5F3N2O2S2/c10-9(11,12)6-2-1-3-7(4-6)18(15,16)8-5-13-14-17-8/h1-5H. The van der Waals surface area contributed by atoms with Gasteiger partial charge in [0.2, 0.25) is 9.84 Å². The second kappa shape index (κ2) is 4.32. The molecule has 1 aromatic carbocycles. The van der Waals surface area contributed by atoms with Gasteiger partial charge in [-0.3, -0.25) is 0 Å². The van der Waals surface area contributed by atoms with Gasteiger partial charge >= 0.3 is 6.18 Å². The molecule has 0 N–H and O–H groups in total. The summed E-state index contributed by atoms with van der Waals surface area (Å²) < 4.78 is 64.5. The fourth-order valence-corrected chi connectivity index (χ4v) is 3.24. The van der Waals surface area contributed by atoms with E-state index in [-0.39, 0.29) is 4.21 Å². The Morgan fingerprint density at radius 3 is 2.50 bits per heavy atom. The summed E-state index contributed by atoms with van der Waals surface area (Å²) in [6, 6.07) is 3.55. The molecule has 1 heterocycles. The van der Waals surface area contributed by atoms with Crippen molar-refractivity contribution < 1.29 is 21.6 Å². The van der Waals surface area contributed by atoms with Crippen LogP contribution in [0, 0.1) is 0 Å². The van der Waals surface area contributed by atoms with Gasteiger partial charge in [0, 0.05) is 11.5 Å². The number of sulfone groups is 1. The average Bonchev–Trinajstić information content (AvgIpc) is 2.82. The zero-order valence-electron chi connectivity index (χ0n) is 8.55. The summed E-state index contributed by atoms with van der Waals surface area (Å²) in [5.41, 5.74) is -1.01. The van der Waals surface area contributed by atoms with Crippen molar-refractivity contribution in [2.24, 2.45) is 0 Å². The molecule has 0 spiro atoms. The Kier molecular flexibility index (Phi) is 3.11. The molecule has 0 fully saturated rings. The summed E-state index contributed by atoms with van der Waals surface area (Å²) in [5, 5.41) is 3.35. The molecule has 0 bridgehead atoms. The van der Waals surface area contributed by atoms with Crippen molar-refractivity contribution >= 4 is 21.4 Å². The number of hydrogen-bond acceptors (Lipinski definition) is 5. The topological polar surface area (TPSA) is 59.9 Å². The van der Waals surface area contributed by atoms with Crippen LogP contribution in [0.1, 0.15) is 5.56 Å². The van der Waals surface area contributed by atoms with Gasteiger partial charge in [0.1, 0.15) is 0 Å². The maximum absolute atomic E-state index is 12.5. The molecule has 0 radical (unpaired) electrons. The lowest BCUT2D eigenvalue weighted by molar-refractivity contribution is -0.137. The second-order valence-electron chi connectivity index (χ2n) is 3.27. The lowest BCUT2D eigenvalue weighted by atomic mass is 10.2. The summed E-state index contributed by atoms with van der Waals surface area (Å²) in [6.07, 6.45) is -3.59. The van der Waals surface area contributed by atoms with Gasteiger partial charge < -0.3 is 0 Å². The molecule has 0 unspecified atom stereocenters. The van der Waals surface area contributed by atoms with Crippen molar-refractivity contribution in [3.05, 3.63) is 36.0 Å². The molecule has 96 valence electrons. The number of nitrogens with zero attached hydrogens (tertiary/aromatic N) is 2. The van der Waals surface area contributed by atoms with Crippen LogP contribution in [0.5, 0.6) is 0 Å². The van der Waals surface area contributed by atoms with Crippen LogP contribution in [0.4, 0.5) is 13.2 Å². The Morgan fingerprint density at radius 2 is 1.94 bits per heavy atom. The van der Waals surface area contributed by atoms with Crippen LogP contribution in [0.2, 0.25) is 0 Å². The van der Waals surface area contributed by atoms with E-state index in [0.717, 1.165) is 24.4 Å².